The van der Waals surface area contributed by atoms with Crippen LogP contribution in [0.5, 0.6) is 0 Å². The molecule has 0 bridgehead atoms. The third kappa shape index (κ3) is 4.18. The lowest BCUT2D eigenvalue weighted by Gasteiger charge is -2.35. The Labute approximate surface area is 185 Å². The van der Waals surface area contributed by atoms with Crippen LogP contribution >= 0.6 is 0 Å². The van der Waals surface area contributed by atoms with E-state index < -0.39 is 0 Å². The lowest BCUT2D eigenvalue weighted by Crippen LogP contribution is -2.49. The average Bonchev–Trinajstić information content (AvgIpc) is 2.83. The Bertz CT molecular complexity index is 1270. The number of rotatable bonds is 4. The molecule has 1 aliphatic rings. The average molecular weight is 426 g/mol. The molecule has 0 radical (unpaired) electrons. The van der Waals surface area contributed by atoms with Gasteiger partial charge in [-0.1, -0.05) is 12.1 Å². The Balaban J connectivity index is 1.24. The minimum absolute atomic E-state index is 0.0986. The Morgan fingerprint density at radius 2 is 1.69 bits per heavy atom. The predicted octanol–water partition coefficient (Wildman–Crippen LogP) is 2.83. The van der Waals surface area contributed by atoms with Gasteiger partial charge in [-0.05, 0) is 36.8 Å². The number of aromatic nitrogens is 5. The van der Waals surface area contributed by atoms with Gasteiger partial charge in [0.15, 0.2) is 0 Å². The number of benzene rings is 1. The van der Waals surface area contributed by atoms with E-state index >= 15 is 0 Å². The minimum atomic E-state index is -0.0986. The largest absolute Gasteiger partial charge is 0.353 e. The van der Waals surface area contributed by atoms with Crippen molar-refractivity contribution in [3.8, 4) is 0 Å². The highest BCUT2D eigenvalue weighted by Crippen LogP contribution is 2.20. The fourth-order valence-corrected chi connectivity index (χ4v) is 3.68. The van der Waals surface area contributed by atoms with Gasteiger partial charge in [0, 0.05) is 38.4 Å². The molecule has 0 atom stereocenters. The van der Waals surface area contributed by atoms with Crippen LogP contribution in [0.3, 0.4) is 0 Å². The summed E-state index contributed by atoms with van der Waals surface area (Å²) in [6.45, 7) is 4.53. The van der Waals surface area contributed by atoms with E-state index in [1.807, 2.05) is 54.3 Å². The summed E-state index contributed by atoms with van der Waals surface area (Å²) in [7, 11) is 0. The van der Waals surface area contributed by atoms with Crippen molar-refractivity contribution in [1.82, 2.24) is 29.8 Å². The highest BCUT2D eigenvalue weighted by atomic mass is 16.2. The number of hydrogen-bond donors (Lipinski definition) is 1. The fraction of sp³-hybridized carbons (Fsp3) is 0.217. The predicted molar refractivity (Wildman–Crippen MR) is 122 cm³/mol. The van der Waals surface area contributed by atoms with Crippen LogP contribution in [-0.4, -0.2) is 61.9 Å². The first kappa shape index (κ1) is 19.8. The van der Waals surface area contributed by atoms with Gasteiger partial charge in [-0.2, -0.15) is 0 Å². The highest BCUT2D eigenvalue weighted by Gasteiger charge is 2.24. The Hall–Kier alpha value is -4.14. The lowest BCUT2D eigenvalue weighted by molar-refractivity contribution is 0.0740. The van der Waals surface area contributed by atoms with Crippen LogP contribution in [0.4, 0.5) is 17.5 Å². The molecule has 5 rings (SSSR count). The van der Waals surface area contributed by atoms with E-state index in [1.54, 1.807) is 12.4 Å². The highest BCUT2D eigenvalue weighted by molar-refractivity contribution is 5.94. The van der Waals surface area contributed by atoms with Crippen molar-refractivity contribution in [1.29, 1.82) is 0 Å². The molecule has 3 aromatic heterocycles. The van der Waals surface area contributed by atoms with Crippen LogP contribution < -0.4 is 10.2 Å². The number of nitrogens with zero attached hydrogens (tertiary/aromatic N) is 7. The van der Waals surface area contributed by atoms with Gasteiger partial charge in [-0.3, -0.25) is 9.78 Å². The number of fused-ring (bicyclic) bond motifs is 1. The number of aryl methyl sites for hydroxylation is 1. The lowest BCUT2D eigenvalue weighted by atomic mass is 10.2. The summed E-state index contributed by atoms with van der Waals surface area (Å²) in [5, 5.41) is 3.22. The second-order valence-corrected chi connectivity index (χ2v) is 7.63. The zero-order valence-corrected chi connectivity index (χ0v) is 17.6. The monoisotopic (exact) mass is 426 g/mol. The number of hydrogen-bond acceptors (Lipinski definition) is 8. The molecule has 9 heteroatoms. The number of carbonyl (C=O) groups is 1. The molecule has 1 amide bonds. The Morgan fingerprint density at radius 1 is 0.906 bits per heavy atom. The van der Waals surface area contributed by atoms with Gasteiger partial charge in [0.2, 0.25) is 0 Å². The van der Waals surface area contributed by atoms with Crippen molar-refractivity contribution in [3.63, 3.8) is 0 Å². The van der Waals surface area contributed by atoms with E-state index in [2.05, 4.69) is 35.1 Å². The van der Waals surface area contributed by atoms with Crippen molar-refractivity contribution < 1.29 is 4.79 Å². The van der Waals surface area contributed by atoms with Gasteiger partial charge in [0.25, 0.3) is 5.91 Å². The summed E-state index contributed by atoms with van der Waals surface area (Å²) in [5.74, 6) is 2.13. The zero-order valence-electron chi connectivity index (χ0n) is 17.6. The maximum Gasteiger partial charge on any atom is 0.274 e. The molecule has 1 aromatic carbocycles. The second-order valence-electron chi connectivity index (χ2n) is 7.63. The van der Waals surface area contributed by atoms with Gasteiger partial charge < -0.3 is 15.1 Å². The van der Waals surface area contributed by atoms with Crippen LogP contribution in [-0.2, 0) is 0 Å². The van der Waals surface area contributed by atoms with Gasteiger partial charge in [0.05, 0.1) is 17.2 Å². The van der Waals surface area contributed by atoms with E-state index in [4.69, 9.17) is 0 Å². The molecule has 1 N–H and O–H groups in total. The molecule has 9 nitrogen and oxygen atoms in total. The van der Waals surface area contributed by atoms with Gasteiger partial charge in [0.1, 0.15) is 29.5 Å². The zero-order chi connectivity index (χ0) is 21.9. The molecular weight excluding hydrogens is 404 g/mol. The first-order valence-corrected chi connectivity index (χ1v) is 10.4. The number of para-hydroxylation sites is 2. The van der Waals surface area contributed by atoms with E-state index in [1.165, 1.54) is 6.33 Å². The first-order valence-electron chi connectivity index (χ1n) is 10.4. The van der Waals surface area contributed by atoms with Gasteiger partial charge in [-0.25, -0.2) is 19.9 Å². The Morgan fingerprint density at radius 3 is 2.50 bits per heavy atom. The van der Waals surface area contributed by atoms with Crippen molar-refractivity contribution in [3.05, 3.63) is 72.4 Å². The number of anilines is 3. The summed E-state index contributed by atoms with van der Waals surface area (Å²) < 4.78 is 0. The number of piperazine rings is 1. The summed E-state index contributed by atoms with van der Waals surface area (Å²) in [5.41, 5.74) is 2.99. The molecule has 1 fully saturated rings. The number of carbonyl (C=O) groups excluding carboxylic acids is 1. The summed E-state index contributed by atoms with van der Waals surface area (Å²) in [6.07, 6.45) is 4.85. The van der Waals surface area contributed by atoms with Crippen LogP contribution in [0.25, 0.3) is 11.0 Å². The SMILES string of the molecule is Cc1ccnc(Nc2cc(N3CCN(C(=O)c4cnc5ccccc5n4)CC3)ncn2)c1. The van der Waals surface area contributed by atoms with Gasteiger partial charge in [-0.15, -0.1) is 0 Å². The van der Waals surface area contributed by atoms with Crippen LogP contribution in [0.1, 0.15) is 16.1 Å². The van der Waals surface area contributed by atoms with Crippen LogP contribution in [0.2, 0.25) is 0 Å². The summed E-state index contributed by atoms with van der Waals surface area (Å²) in [6, 6.07) is 13.4. The van der Waals surface area contributed by atoms with Crippen molar-refractivity contribution >= 4 is 34.4 Å². The minimum Gasteiger partial charge on any atom is -0.353 e. The summed E-state index contributed by atoms with van der Waals surface area (Å²) in [4.78, 5) is 38.8. The molecule has 32 heavy (non-hydrogen) atoms. The molecule has 0 spiro atoms. The smallest absolute Gasteiger partial charge is 0.274 e. The maximum absolute atomic E-state index is 12.9. The molecular formula is C23H22N8O. The molecule has 0 saturated carbocycles. The second kappa shape index (κ2) is 8.54. The van der Waals surface area contributed by atoms with E-state index in [9.17, 15) is 4.79 Å². The number of nitrogens with one attached hydrogen (secondary N) is 1. The standard InChI is InChI=1S/C23H22N8O/c1-16-6-7-24-20(12-16)29-21-13-22(27-15-26-21)30-8-10-31(11-9-30)23(32)19-14-25-17-4-2-3-5-18(17)28-19/h2-7,12-15H,8-11H2,1H3,(H,24,26,27,29). The summed E-state index contributed by atoms with van der Waals surface area (Å²) >= 11 is 0. The normalized spacial score (nSPS) is 13.9. The molecule has 4 aromatic rings. The maximum atomic E-state index is 12.9. The molecule has 1 saturated heterocycles. The third-order valence-electron chi connectivity index (χ3n) is 5.38. The van der Waals surface area contributed by atoms with Crippen molar-refractivity contribution in [2.45, 2.75) is 6.92 Å². The third-order valence-corrected chi connectivity index (χ3v) is 5.38. The van der Waals surface area contributed by atoms with Gasteiger partial charge >= 0.3 is 0 Å². The Kier molecular flexibility index (Phi) is 5.29. The fourth-order valence-electron chi connectivity index (χ4n) is 3.68. The molecule has 4 heterocycles. The molecule has 0 unspecified atom stereocenters. The van der Waals surface area contributed by atoms with Crippen LogP contribution in [0, 0.1) is 6.92 Å². The van der Waals surface area contributed by atoms with E-state index in [0.29, 0.717) is 37.7 Å². The van der Waals surface area contributed by atoms with E-state index in [0.717, 1.165) is 28.2 Å². The molecule has 160 valence electrons. The van der Waals surface area contributed by atoms with E-state index in [-0.39, 0.29) is 5.91 Å². The quantitative estimate of drug-likeness (QED) is 0.532. The topological polar surface area (TPSA) is 100 Å². The van der Waals surface area contributed by atoms with Crippen LogP contribution in [0.15, 0.2) is 61.2 Å². The molecule has 1 aliphatic heterocycles. The van der Waals surface area contributed by atoms with Crippen molar-refractivity contribution in [2.75, 3.05) is 36.4 Å². The molecule has 0 aliphatic carbocycles. The number of amides is 1. The number of pyridine rings is 1. The van der Waals surface area contributed by atoms with Crippen molar-refractivity contribution in [2.24, 2.45) is 0 Å². The first-order chi connectivity index (χ1) is 15.7.